The van der Waals surface area contributed by atoms with Gasteiger partial charge in [-0.15, -0.1) is 0 Å². The van der Waals surface area contributed by atoms with Crippen molar-refractivity contribution < 1.29 is 14.3 Å². The van der Waals surface area contributed by atoms with E-state index >= 15 is 0 Å². The summed E-state index contributed by atoms with van der Waals surface area (Å²) >= 11 is 5.81. The van der Waals surface area contributed by atoms with Gasteiger partial charge in [-0.25, -0.2) is 0 Å². The van der Waals surface area contributed by atoms with E-state index in [1.165, 1.54) is 7.11 Å². The van der Waals surface area contributed by atoms with Gasteiger partial charge in [-0.3, -0.25) is 4.79 Å². The zero-order valence-corrected chi connectivity index (χ0v) is 9.03. The van der Waals surface area contributed by atoms with E-state index in [-0.39, 0.29) is 11.9 Å². The number of methoxy groups -OCH3 is 1. The monoisotopic (exact) mass is 226 g/mol. The Hall–Kier alpha value is -1.06. The Labute approximate surface area is 92.9 Å². The number of halogens is 1. The SMILES string of the molecule is COC1C(=O)CC1Oc1cccc(Cl)c1. The summed E-state index contributed by atoms with van der Waals surface area (Å²) in [6, 6.07) is 7.10. The third-order valence-electron chi connectivity index (χ3n) is 2.39. The van der Waals surface area contributed by atoms with Crippen LogP contribution in [-0.2, 0) is 9.53 Å². The van der Waals surface area contributed by atoms with Crippen molar-refractivity contribution in [2.45, 2.75) is 18.6 Å². The van der Waals surface area contributed by atoms with Crippen LogP contribution in [0.25, 0.3) is 0 Å². The number of rotatable bonds is 3. The van der Waals surface area contributed by atoms with Crippen LogP contribution in [0.4, 0.5) is 0 Å². The Morgan fingerprint density at radius 2 is 2.27 bits per heavy atom. The molecule has 15 heavy (non-hydrogen) atoms. The van der Waals surface area contributed by atoms with E-state index < -0.39 is 6.10 Å². The van der Waals surface area contributed by atoms with Crippen LogP contribution in [0, 0.1) is 0 Å². The molecule has 0 saturated heterocycles. The lowest BCUT2D eigenvalue weighted by Gasteiger charge is -2.33. The minimum atomic E-state index is -0.427. The van der Waals surface area contributed by atoms with Crippen molar-refractivity contribution in [3.63, 3.8) is 0 Å². The molecule has 1 aliphatic carbocycles. The fourth-order valence-electron chi connectivity index (χ4n) is 1.57. The van der Waals surface area contributed by atoms with Gasteiger partial charge in [0.25, 0.3) is 0 Å². The molecule has 1 fully saturated rings. The lowest BCUT2D eigenvalue weighted by Crippen LogP contribution is -2.51. The summed E-state index contributed by atoms with van der Waals surface area (Å²) in [5, 5.41) is 0.618. The molecule has 4 heteroatoms. The maximum absolute atomic E-state index is 11.1. The maximum atomic E-state index is 11.1. The number of carbonyl (C=O) groups excluding carboxylic acids is 1. The predicted octanol–water partition coefficient (Wildman–Crippen LogP) is 2.08. The largest absolute Gasteiger partial charge is 0.487 e. The lowest BCUT2D eigenvalue weighted by molar-refractivity contribution is -0.150. The summed E-state index contributed by atoms with van der Waals surface area (Å²) < 4.78 is 10.6. The molecular weight excluding hydrogens is 216 g/mol. The fraction of sp³-hybridized carbons (Fsp3) is 0.364. The second-order valence-electron chi connectivity index (χ2n) is 3.44. The van der Waals surface area contributed by atoms with Gasteiger partial charge in [0.2, 0.25) is 0 Å². The van der Waals surface area contributed by atoms with Gasteiger partial charge < -0.3 is 9.47 Å². The highest BCUT2D eigenvalue weighted by Crippen LogP contribution is 2.26. The first-order chi connectivity index (χ1) is 7.20. The Kier molecular flexibility index (Phi) is 2.93. The molecule has 2 unspecified atom stereocenters. The molecule has 1 aliphatic rings. The van der Waals surface area contributed by atoms with Crippen LogP contribution in [0.3, 0.4) is 0 Å². The minimum absolute atomic E-state index is 0.0875. The normalized spacial score (nSPS) is 24.8. The number of benzene rings is 1. The van der Waals surface area contributed by atoms with Crippen LogP contribution in [-0.4, -0.2) is 25.1 Å². The zero-order chi connectivity index (χ0) is 10.8. The van der Waals surface area contributed by atoms with Crippen LogP contribution in [0.1, 0.15) is 6.42 Å². The molecule has 0 spiro atoms. The Morgan fingerprint density at radius 1 is 1.47 bits per heavy atom. The van der Waals surface area contributed by atoms with Crippen molar-refractivity contribution in [3.8, 4) is 5.75 Å². The van der Waals surface area contributed by atoms with E-state index in [2.05, 4.69) is 0 Å². The molecule has 0 heterocycles. The average Bonchev–Trinajstić information content (AvgIpc) is 2.17. The number of Topliss-reactive ketones (excluding diaryl/α,β-unsaturated/α-hetero) is 1. The molecule has 3 nitrogen and oxygen atoms in total. The van der Waals surface area contributed by atoms with Crippen molar-refractivity contribution in [3.05, 3.63) is 29.3 Å². The van der Waals surface area contributed by atoms with E-state index in [1.54, 1.807) is 24.3 Å². The van der Waals surface area contributed by atoms with E-state index in [0.717, 1.165) is 0 Å². The Morgan fingerprint density at radius 3 is 2.87 bits per heavy atom. The highest BCUT2D eigenvalue weighted by molar-refractivity contribution is 6.30. The van der Waals surface area contributed by atoms with Crippen molar-refractivity contribution in [1.82, 2.24) is 0 Å². The van der Waals surface area contributed by atoms with E-state index in [0.29, 0.717) is 17.2 Å². The van der Waals surface area contributed by atoms with Gasteiger partial charge >= 0.3 is 0 Å². The summed E-state index contributed by atoms with van der Waals surface area (Å²) in [7, 11) is 1.51. The summed E-state index contributed by atoms with van der Waals surface area (Å²) in [6.07, 6.45) is -0.199. The molecule has 2 atom stereocenters. The van der Waals surface area contributed by atoms with E-state index in [4.69, 9.17) is 21.1 Å². The summed E-state index contributed by atoms with van der Waals surface area (Å²) in [5.74, 6) is 0.756. The summed E-state index contributed by atoms with van der Waals surface area (Å²) in [4.78, 5) is 11.1. The van der Waals surface area contributed by atoms with Gasteiger partial charge in [-0.1, -0.05) is 17.7 Å². The predicted molar refractivity (Wildman–Crippen MR) is 56.3 cm³/mol. The van der Waals surface area contributed by atoms with Gasteiger partial charge in [0.15, 0.2) is 11.9 Å². The van der Waals surface area contributed by atoms with E-state index in [9.17, 15) is 4.79 Å². The third kappa shape index (κ3) is 2.13. The van der Waals surface area contributed by atoms with Gasteiger partial charge in [0, 0.05) is 18.6 Å². The van der Waals surface area contributed by atoms with Crippen LogP contribution in [0.5, 0.6) is 5.75 Å². The second kappa shape index (κ2) is 4.21. The molecule has 1 aromatic carbocycles. The first-order valence-corrected chi connectivity index (χ1v) is 5.06. The highest BCUT2D eigenvalue weighted by atomic mass is 35.5. The van der Waals surface area contributed by atoms with Crippen molar-refractivity contribution >= 4 is 17.4 Å². The molecule has 0 bridgehead atoms. The lowest BCUT2D eigenvalue weighted by atomic mass is 9.90. The van der Waals surface area contributed by atoms with Crippen molar-refractivity contribution in [2.75, 3.05) is 7.11 Å². The molecule has 0 radical (unpaired) electrons. The molecule has 0 aromatic heterocycles. The number of carbonyl (C=O) groups is 1. The number of ketones is 1. The third-order valence-corrected chi connectivity index (χ3v) is 2.63. The van der Waals surface area contributed by atoms with E-state index in [1.807, 2.05) is 0 Å². The average molecular weight is 227 g/mol. The summed E-state index contributed by atoms with van der Waals surface area (Å²) in [5.41, 5.74) is 0. The topological polar surface area (TPSA) is 35.5 Å². The number of hydrogen-bond donors (Lipinski definition) is 0. The first-order valence-electron chi connectivity index (χ1n) is 4.68. The zero-order valence-electron chi connectivity index (χ0n) is 8.27. The molecule has 0 amide bonds. The quantitative estimate of drug-likeness (QED) is 0.792. The van der Waals surface area contributed by atoms with Gasteiger partial charge in [0.1, 0.15) is 11.9 Å². The van der Waals surface area contributed by atoms with Gasteiger partial charge in [0.05, 0.1) is 0 Å². The molecule has 1 saturated carbocycles. The van der Waals surface area contributed by atoms with Crippen molar-refractivity contribution in [1.29, 1.82) is 0 Å². The summed E-state index contributed by atoms with van der Waals surface area (Å²) in [6.45, 7) is 0. The maximum Gasteiger partial charge on any atom is 0.169 e. The van der Waals surface area contributed by atoms with Crippen LogP contribution in [0.15, 0.2) is 24.3 Å². The smallest absolute Gasteiger partial charge is 0.169 e. The fourth-order valence-corrected chi connectivity index (χ4v) is 1.75. The van der Waals surface area contributed by atoms with Crippen LogP contribution >= 0.6 is 11.6 Å². The van der Waals surface area contributed by atoms with Crippen LogP contribution < -0.4 is 4.74 Å². The molecule has 80 valence electrons. The van der Waals surface area contributed by atoms with Crippen LogP contribution in [0.2, 0.25) is 5.02 Å². The standard InChI is InChI=1S/C11H11ClO3/c1-14-11-9(13)6-10(11)15-8-4-2-3-7(12)5-8/h2-5,10-11H,6H2,1H3. The van der Waals surface area contributed by atoms with Gasteiger partial charge in [-0.05, 0) is 18.2 Å². The molecule has 1 aromatic rings. The first kappa shape index (κ1) is 10.5. The Bertz CT molecular complexity index is 378. The van der Waals surface area contributed by atoms with Gasteiger partial charge in [-0.2, -0.15) is 0 Å². The molecule has 2 rings (SSSR count). The number of hydrogen-bond acceptors (Lipinski definition) is 3. The Balaban J connectivity index is 2.01. The highest BCUT2D eigenvalue weighted by Gasteiger charge is 2.41. The molecular formula is C11H11ClO3. The molecule has 0 N–H and O–H groups in total. The second-order valence-corrected chi connectivity index (χ2v) is 3.88. The minimum Gasteiger partial charge on any atom is -0.487 e. The number of ether oxygens (including phenoxy) is 2. The van der Waals surface area contributed by atoms with Crippen molar-refractivity contribution in [2.24, 2.45) is 0 Å². The molecule has 0 aliphatic heterocycles.